The molecule has 0 aromatic heterocycles. The van der Waals surface area contributed by atoms with E-state index in [-0.39, 0.29) is 0 Å². The molecule has 2 rings (SSSR count). The van der Waals surface area contributed by atoms with Gasteiger partial charge in [0.15, 0.2) is 0 Å². The van der Waals surface area contributed by atoms with Gasteiger partial charge in [-0.2, -0.15) is 0 Å². The molecule has 0 aliphatic carbocycles. The highest BCUT2D eigenvalue weighted by atomic mass is 79.9. The van der Waals surface area contributed by atoms with Crippen LogP contribution >= 0.6 is 15.9 Å². The van der Waals surface area contributed by atoms with Crippen molar-refractivity contribution in [3.05, 3.63) is 64.1 Å². The Labute approximate surface area is 135 Å². The predicted octanol–water partition coefficient (Wildman–Crippen LogP) is 4.92. The van der Waals surface area contributed by atoms with E-state index >= 15 is 0 Å². The molecule has 0 aliphatic rings. The van der Waals surface area contributed by atoms with Crippen LogP contribution in [-0.4, -0.2) is 6.04 Å². The highest BCUT2D eigenvalue weighted by Crippen LogP contribution is 2.24. The molecule has 2 aromatic rings. The summed E-state index contributed by atoms with van der Waals surface area (Å²) in [5.41, 5.74) is 2.36. The molecule has 0 amide bonds. The molecule has 0 aliphatic heterocycles. The van der Waals surface area contributed by atoms with E-state index in [0.29, 0.717) is 12.6 Å². The first-order valence-corrected chi connectivity index (χ1v) is 8.17. The van der Waals surface area contributed by atoms with Gasteiger partial charge in [-0.15, -0.1) is 0 Å². The molecule has 0 radical (unpaired) electrons. The van der Waals surface area contributed by atoms with E-state index < -0.39 is 0 Å². The maximum absolute atomic E-state index is 5.98. The lowest BCUT2D eigenvalue weighted by molar-refractivity contribution is 0.301. The molecular formula is C18H22BrNO. The lowest BCUT2D eigenvalue weighted by Gasteiger charge is -2.15. The van der Waals surface area contributed by atoms with Crippen molar-refractivity contribution in [3.63, 3.8) is 0 Å². The minimum atomic E-state index is 0.506. The topological polar surface area (TPSA) is 21.3 Å². The van der Waals surface area contributed by atoms with E-state index in [0.717, 1.165) is 23.2 Å². The molecule has 0 saturated heterocycles. The molecule has 3 heteroatoms. The van der Waals surface area contributed by atoms with Crippen LogP contribution in [0, 0.1) is 0 Å². The number of halogens is 1. The minimum absolute atomic E-state index is 0.506. The summed E-state index contributed by atoms with van der Waals surface area (Å²) in [6.07, 6.45) is 1.12. The molecule has 2 nitrogen and oxygen atoms in total. The zero-order valence-electron chi connectivity index (χ0n) is 12.6. The summed E-state index contributed by atoms with van der Waals surface area (Å²) in [4.78, 5) is 0. The number of rotatable bonds is 7. The highest BCUT2D eigenvalue weighted by Gasteiger charge is 2.07. The second-order valence-corrected chi connectivity index (χ2v) is 6.13. The summed E-state index contributed by atoms with van der Waals surface area (Å²) in [7, 11) is 0. The Bertz CT molecular complexity index is 556. The Morgan fingerprint density at radius 1 is 1.14 bits per heavy atom. The predicted molar refractivity (Wildman–Crippen MR) is 91.5 cm³/mol. The average Bonchev–Trinajstić information content (AvgIpc) is 2.52. The van der Waals surface area contributed by atoms with E-state index in [1.54, 1.807) is 0 Å². The van der Waals surface area contributed by atoms with Crippen LogP contribution in [0.1, 0.15) is 31.4 Å². The Morgan fingerprint density at radius 3 is 2.62 bits per heavy atom. The second-order valence-electron chi connectivity index (χ2n) is 5.22. The van der Waals surface area contributed by atoms with Crippen LogP contribution in [0.4, 0.5) is 0 Å². The number of nitrogens with one attached hydrogen (secondary N) is 1. The molecule has 2 aromatic carbocycles. The fourth-order valence-corrected chi connectivity index (χ4v) is 2.40. The van der Waals surface area contributed by atoms with Crippen molar-refractivity contribution in [1.29, 1.82) is 0 Å². The minimum Gasteiger partial charge on any atom is -0.489 e. The van der Waals surface area contributed by atoms with Crippen molar-refractivity contribution in [2.24, 2.45) is 0 Å². The van der Waals surface area contributed by atoms with Crippen molar-refractivity contribution >= 4 is 15.9 Å². The van der Waals surface area contributed by atoms with Crippen LogP contribution in [0.3, 0.4) is 0 Å². The average molecular weight is 348 g/mol. The van der Waals surface area contributed by atoms with Gasteiger partial charge in [0.2, 0.25) is 0 Å². The molecule has 0 spiro atoms. The molecule has 0 saturated carbocycles. The maximum Gasteiger partial charge on any atom is 0.124 e. The van der Waals surface area contributed by atoms with Gasteiger partial charge >= 0.3 is 0 Å². The van der Waals surface area contributed by atoms with Gasteiger partial charge in [0.25, 0.3) is 0 Å². The lowest BCUT2D eigenvalue weighted by Crippen LogP contribution is -2.24. The van der Waals surface area contributed by atoms with Crippen molar-refractivity contribution in [2.45, 2.75) is 39.5 Å². The van der Waals surface area contributed by atoms with Crippen LogP contribution in [-0.2, 0) is 13.2 Å². The van der Waals surface area contributed by atoms with Crippen molar-refractivity contribution in [1.82, 2.24) is 5.32 Å². The summed E-state index contributed by atoms with van der Waals surface area (Å²) in [5.74, 6) is 0.942. The molecular weight excluding hydrogens is 326 g/mol. The van der Waals surface area contributed by atoms with Crippen LogP contribution in [0.25, 0.3) is 0 Å². The van der Waals surface area contributed by atoms with Crippen LogP contribution < -0.4 is 10.1 Å². The van der Waals surface area contributed by atoms with Gasteiger partial charge < -0.3 is 10.1 Å². The number of hydrogen-bond acceptors (Lipinski definition) is 2. The molecule has 21 heavy (non-hydrogen) atoms. The van der Waals surface area contributed by atoms with Gasteiger partial charge in [0, 0.05) is 22.6 Å². The zero-order valence-corrected chi connectivity index (χ0v) is 14.2. The molecule has 0 bridgehead atoms. The largest absolute Gasteiger partial charge is 0.489 e. The third kappa shape index (κ3) is 5.18. The third-order valence-electron chi connectivity index (χ3n) is 3.51. The fraction of sp³-hybridized carbons (Fsp3) is 0.333. The van der Waals surface area contributed by atoms with Crippen molar-refractivity contribution in [3.8, 4) is 5.75 Å². The molecule has 0 unspecified atom stereocenters. The Kier molecular flexibility index (Phi) is 6.27. The molecule has 1 atom stereocenters. The molecule has 0 heterocycles. The zero-order chi connectivity index (χ0) is 15.1. The van der Waals surface area contributed by atoms with Gasteiger partial charge in [-0.3, -0.25) is 0 Å². The Hall–Kier alpha value is -1.32. The van der Waals surface area contributed by atoms with E-state index in [4.69, 9.17) is 4.74 Å². The SMILES string of the molecule is CC[C@H](C)NCc1cc(Br)ccc1OCc1ccccc1. The lowest BCUT2D eigenvalue weighted by atomic mass is 10.1. The molecule has 112 valence electrons. The normalized spacial score (nSPS) is 12.1. The smallest absolute Gasteiger partial charge is 0.124 e. The van der Waals surface area contributed by atoms with Gasteiger partial charge in [-0.1, -0.05) is 53.2 Å². The fourth-order valence-electron chi connectivity index (χ4n) is 1.99. The number of ether oxygens (including phenoxy) is 1. The van der Waals surface area contributed by atoms with Crippen molar-refractivity contribution < 1.29 is 4.74 Å². The quantitative estimate of drug-likeness (QED) is 0.767. The first kappa shape index (κ1) is 16.1. The van der Waals surface area contributed by atoms with E-state index in [1.807, 2.05) is 30.3 Å². The van der Waals surface area contributed by atoms with Crippen molar-refractivity contribution in [2.75, 3.05) is 0 Å². The van der Waals surface area contributed by atoms with Gasteiger partial charge in [-0.05, 0) is 37.1 Å². The molecule has 0 fully saturated rings. The first-order chi connectivity index (χ1) is 10.2. The van der Waals surface area contributed by atoms with Crippen LogP contribution in [0.15, 0.2) is 53.0 Å². The summed E-state index contributed by atoms with van der Waals surface area (Å²) in [5, 5.41) is 3.51. The number of benzene rings is 2. The summed E-state index contributed by atoms with van der Waals surface area (Å²) >= 11 is 3.53. The maximum atomic E-state index is 5.98. The third-order valence-corrected chi connectivity index (χ3v) is 4.01. The van der Waals surface area contributed by atoms with E-state index in [9.17, 15) is 0 Å². The Balaban J connectivity index is 2.04. The Morgan fingerprint density at radius 2 is 1.90 bits per heavy atom. The van der Waals surface area contributed by atoms with Crippen LogP contribution in [0.2, 0.25) is 0 Å². The van der Waals surface area contributed by atoms with Crippen LogP contribution in [0.5, 0.6) is 5.75 Å². The van der Waals surface area contributed by atoms with E-state index in [2.05, 4.69) is 53.3 Å². The van der Waals surface area contributed by atoms with Gasteiger partial charge in [-0.25, -0.2) is 0 Å². The number of hydrogen-bond donors (Lipinski definition) is 1. The van der Waals surface area contributed by atoms with Gasteiger partial charge in [0.05, 0.1) is 0 Å². The first-order valence-electron chi connectivity index (χ1n) is 7.37. The summed E-state index contributed by atoms with van der Waals surface area (Å²) in [6.45, 7) is 5.80. The molecule has 1 N–H and O–H groups in total. The van der Waals surface area contributed by atoms with E-state index in [1.165, 1.54) is 11.1 Å². The van der Waals surface area contributed by atoms with Gasteiger partial charge in [0.1, 0.15) is 12.4 Å². The highest BCUT2D eigenvalue weighted by molar-refractivity contribution is 9.10. The monoisotopic (exact) mass is 347 g/mol. The second kappa shape index (κ2) is 8.20. The summed E-state index contributed by atoms with van der Waals surface area (Å²) < 4.78 is 7.06. The summed E-state index contributed by atoms with van der Waals surface area (Å²) in [6, 6.07) is 16.9. The standard InChI is InChI=1S/C18H22BrNO/c1-3-14(2)20-12-16-11-17(19)9-10-18(16)21-13-15-7-5-4-6-8-15/h4-11,14,20H,3,12-13H2,1-2H3/t14-/m0/s1.